The van der Waals surface area contributed by atoms with Gasteiger partial charge in [-0.25, -0.2) is 0 Å². The molecule has 1 amide bonds. The second kappa shape index (κ2) is 6.54. The Morgan fingerprint density at radius 2 is 2.00 bits per heavy atom. The summed E-state index contributed by atoms with van der Waals surface area (Å²) in [7, 11) is 1.81. The van der Waals surface area contributed by atoms with E-state index < -0.39 is 5.41 Å². The highest BCUT2D eigenvalue weighted by molar-refractivity contribution is 7.80. The van der Waals surface area contributed by atoms with Crippen LogP contribution >= 0.6 is 12.2 Å². The normalized spacial score (nSPS) is 17.2. The van der Waals surface area contributed by atoms with Crippen molar-refractivity contribution in [2.45, 2.75) is 26.3 Å². The maximum absolute atomic E-state index is 12.9. The SMILES string of the molecule is Cc1ccccc1CN(C)C(=O)C1(C(N)=S)CCOCC1. The maximum atomic E-state index is 12.9. The highest BCUT2D eigenvalue weighted by Crippen LogP contribution is 2.33. The van der Waals surface area contributed by atoms with E-state index in [4.69, 9.17) is 22.7 Å². The molecule has 0 spiro atoms. The molecule has 1 aromatic rings. The van der Waals surface area contributed by atoms with E-state index in [2.05, 4.69) is 0 Å². The largest absolute Gasteiger partial charge is 0.392 e. The van der Waals surface area contributed by atoms with Gasteiger partial charge in [0.1, 0.15) is 5.41 Å². The quantitative estimate of drug-likeness (QED) is 0.865. The lowest BCUT2D eigenvalue weighted by molar-refractivity contribution is -0.141. The third-order valence-corrected chi connectivity index (χ3v) is 4.63. The summed E-state index contributed by atoms with van der Waals surface area (Å²) in [6.07, 6.45) is 1.14. The Hall–Kier alpha value is -1.46. The molecule has 1 aliphatic rings. The zero-order valence-corrected chi connectivity index (χ0v) is 13.4. The second-order valence-electron chi connectivity index (χ2n) is 5.65. The van der Waals surface area contributed by atoms with Gasteiger partial charge in [-0.2, -0.15) is 0 Å². The van der Waals surface area contributed by atoms with Crippen LogP contribution in [0.25, 0.3) is 0 Å². The molecular weight excluding hydrogens is 284 g/mol. The Labute approximate surface area is 131 Å². The van der Waals surface area contributed by atoms with Gasteiger partial charge in [-0.1, -0.05) is 36.5 Å². The van der Waals surface area contributed by atoms with Crippen LogP contribution in [0.1, 0.15) is 24.0 Å². The number of benzene rings is 1. The lowest BCUT2D eigenvalue weighted by atomic mass is 9.78. The van der Waals surface area contributed by atoms with E-state index in [-0.39, 0.29) is 10.9 Å². The molecule has 2 N–H and O–H groups in total. The fourth-order valence-electron chi connectivity index (χ4n) is 2.77. The van der Waals surface area contributed by atoms with Crippen molar-refractivity contribution in [3.05, 3.63) is 35.4 Å². The topological polar surface area (TPSA) is 55.6 Å². The van der Waals surface area contributed by atoms with Crippen molar-refractivity contribution in [3.63, 3.8) is 0 Å². The maximum Gasteiger partial charge on any atom is 0.235 e. The van der Waals surface area contributed by atoms with E-state index >= 15 is 0 Å². The zero-order chi connectivity index (χ0) is 15.5. The molecule has 0 radical (unpaired) electrons. The van der Waals surface area contributed by atoms with Crippen molar-refractivity contribution < 1.29 is 9.53 Å². The van der Waals surface area contributed by atoms with E-state index in [1.807, 2.05) is 38.2 Å². The van der Waals surface area contributed by atoms with Gasteiger partial charge in [-0.15, -0.1) is 0 Å². The summed E-state index contributed by atoms with van der Waals surface area (Å²) >= 11 is 5.19. The van der Waals surface area contributed by atoms with E-state index in [0.717, 1.165) is 5.56 Å². The monoisotopic (exact) mass is 306 g/mol. The summed E-state index contributed by atoms with van der Waals surface area (Å²) in [6, 6.07) is 8.07. The van der Waals surface area contributed by atoms with Gasteiger partial charge in [0.2, 0.25) is 5.91 Å². The van der Waals surface area contributed by atoms with Crippen LogP contribution in [-0.2, 0) is 16.1 Å². The number of thiocarbonyl (C=S) groups is 1. The molecule has 1 heterocycles. The summed E-state index contributed by atoms with van der Waals surface area (Å²) in [5.41, 5.74) is 7.46. The first-order valence-corrected chi connectivity index (χ1v) is 7.56. The first kappa shape index (κ1) is 15.9. The Morgan fingerprint density at radius 1 is 1.38 bits per heavy atom. The smallest absolute Gasteiger partial charge is 0.235 e. The zero-order valence-electron chi connectivity index (χ0n) is 12.6. The van der Waals surface area contributed by atoms with Crippen molar-refractivity contribution in [3.8, 4) is 0 Å². The van der Waals surface area contributed by atoms with Crippen molar-refractivity contribution in [2.75, 3.05) is 20.3 Å². The van der Waals surface area contributed by atoms with Crippen molar-refractivity contribution in [1.82, 2.24) is 4.90 Å². The van der Waals surface area contributed by atoms with E-state index in [0.29, 0.717) is 32.6 Å². The minimum atomic E-state index is -0.745. The number of hydrogen-bond donors (Lipinski definition) is 1. The van der Waals surface area contributed by atoms with Crippen LogP contribution in [0, 0.1) is 12.3 Å². The van der Waals surface area contributed by atoms with E-state index in [1.54, 1.807) is 4.90 Å². The minimum absolute atomic E-state index is 0.00144. The summed E-state index contributed by atoms with van der Waals surface area (Å²) < 4.78 is 5.36. The number of rotatable bonds is 4. The molecule has 1 saturated heterocycles. The van der Waals surface area contributed by atoms with Crippen molar-refractivity contribution in [1.29, 1.82) is 0 Å². The molecule has 21 heavy (non-hydrogen) atoms. The number of hydrogen-bond acceptors (Lipinski definition) is 3. The molecule has 0 bridgehead atoms. The fraction of sp³-hybridized carbons (Fsp3) is 0.500. The number of nitrogens with two attached hydrogens (primary N) is 1. The van der Waals surface area contributed by atoms with E-state index in [9.17, 15) is 4.79 Å². The molecular formula is C16H22N2O2S. The van der Waals surface area contributed by atoms with Gasteiger partial charge in [-0.3, -0.25) is 4.79 Å². The van der Waals surface area contributed by atoms with Gasteiger partial charge in [0.05, 0.1) is 4.99 Å². The Morgan fingerprint density at radius 3 is 2.57 bits per heavy atom. The molecule has 1 aromatic carbocycles. The third kappa shape index (κ3) is 3.24. The molecule has 5 heteroatoms. The molecule has 0 aliphatic carbocycles. The molecule has 0 unspecified atom stereocenters. The minimum Gasteiger partial charge on any atom is -0.392 e. The van der Waals surface area contributed by atoms with Gasteiger partial charge in [0.25, 0.3) is 0 Å². The molecule has 114 valence electrons. The predicted molar refractivity (Wildman–Crippen MR) is 86.9 cm³/mol. The van der Waals surface area contributed by atoms with Gasteiger partial charge >= 0.3 is 0 Å². The molecule has 4 nitrogen and oxygen atoms in total. The first-order chi connectivity index (χ1) is 9.97. The van der Waals surface area contributed by atoms with Crippen LogP contribution in [0.15, 0.2) is 24.3 Å². The average Bonchev–Trinajstić information content (AvgIpc) is 2.49. The lowest BCUT2D eigenvalue weighted by Gasteiger charge is -2.37. The number of carbonyl (C=O) groups excluding carboxylic acids is 1. The summed E-state index contributed by atoms with van der Waals surface area (Å²) in [5.74, 6) is 0.00144. The predicted octanol–water partition coefficient (Wildman–Crippen LogP) is 2.04. The molecule has 0 aromatic heterocycles. The standard InChI is InChI=1S/C16H22N2O2S/c1-12-5-3-4-6-13(12)11-18(2)15(19)16(14(17)21)7-9-20-10-8-16/h3-6H,7-11H2,1-2H3,(H2,17,21). The second-order valence-corrected chi connectivity index (χ2v) is 6.09. The highest BCUT2D eigenvalue weighted by Gasteiger charge is 2.44. The van der Waals surface area contributed by atoms with Gasteiger partial charge in [0, 0.05) is 26.8 Å². The Balaban J connectivity index is 2.17. The number of carbonyl (C=O) groups is 1. The van der Waals surface area contributed by atoms with Crippen LogP contribution in [0.3, 0.4) is 0 Å². The van der Waals surface area contributed by atoms with Crippen LogP contribution < -0.4 is 5.73 Å². The Kier molecular flexibility index (Phi) is 4.96. The molecule has 2 rings (SSSR count). The van der Waals surface area contributed by atoms with Crippen LogP contribution in [0.5, 0.6) is 0 Å². The highest BCUT2D eigenvalue weighted by atomic mass is 32.1. The van der Waals surface area contributed by atoms with Crippen LogP contribution in [-0.4, -0.2) is 36.1 Å². The first-order valence-electron chi connectivity index (χ1n) is 7.15. The number of ether oxygens (including phenoxy) is 1. The molecule has 0 saturated carbocycles. The molecule has 1 fully saturated rings. The number of amides is 1. The van der Waals surface area contributed by atoms with Crippen molar-refractivity contribution in [2.24, 2.45) is 11.1 Å². The fourth-order valence-corrected chi connectivity index (χ4v) is 3.06. The van der Waals surface area contributed by atoms with Crippen LogP contribution in [0.4, 0.5) is 0 Å². The van der Waals surface area contributed by atoms with E-state index in [1.165, 1.54) is 5.56 Å². The third-order valence-electron chi connectivity index (χ3n) is 4.24. The molecule has 1 aliphatic heterocycles. The van der Waals surface area contributed by atoms with Crippen molar-refractivity contribution >= 4 is 23.1 Å². The molecule has 0 atom stereocenters. The summed E-state index contributed by atoms with van der Waals surface area (Å²) in [4.78, 5) is 14.9. The number of nitrogens with zero attached hydrogens (tertiary/aromatic N) is 1. The number of aryl methyl sites for hydroxylation is 1. The lowest BCUT2D eigenvalue weighted by Crippen LogP contribution is -2.52. The van der Waals surface area contributed by atoms with Gasteiger partial charge in [0.15, 0.2) is 0 Å². The van der Waals surface area contributed by atoms with Gasteiger partial charge < -0.3 is 15.4 Å². The Bertz CT molecular complexity index is 539. The van der Waals surface area contributed by atoms with Crippen LogP contribution in [0.2, 0.25) is 0 Å². The average molecular weight is 306 g/mol. The van der Waals surface area contributed by atoms with Gasteiger partial charge in [-0.05, 0) is 30.9 Å². The summed E-state index contributed by atoms with van der Waals surface area (Å²) in [5, 5.41) is 0. The summed E-state index contributed by atoms with van der Waals surface area (Å²) in [6.45, 7) is 3.67.